The molecule has 2 aromatic carbocycles. The fourth-order valence-corrected chi connectivity index (χ4v) is 2.41. The Morgan fingerprint density at radius 3 is 2.47 bits per heavy atom. The van der Waals surface area contributed by atoms with E-state index in [2.05, 4.69) is 4.98 Å². The first-order valence-corrected chi connectivity index (χ1v) is 6.54. The molecule has 0 N–H and O–H groups in total. The van der Waals surface area contributed by atoms with Crippen molar-refractivity contribution < 1.29 is 0 Å². The van der Waals surface area contributed by atoms with E-state index in [4.69, 9.17) is 23.2 Å². The summed E-state index contributed by atoms with van der Waals surface area (Å²) in [7, 11) is 0. The third kappa shape index (κ3) is 2.50. The van der Waals surface area contributed by atoms with E-state index in [1.165, 1.54) is 0 Å². The van der Waals surface area contributed by atoms with Gasteiger partial charge in [-0.2, -0.15) is 0 Å². The van der Waals surface area contributed by atoms with Crippen molar-refractivity contribution in [2.45, 2.75) is 0 Å². The normalized spacial score (nSPS) is 10.6. The van der Waals surface area contributed by atoms with Crippen LogP contribution in [0, 0.1) is 0 Å². The second kappa shape index (κ2) is 5.08. The van der Waals surface area contributed by atoms with Gasteiger partial charge in [-0.05, 0) is 18.2 Å². The third-order valence-corrected chi connectivity index (χ3v) is 3.38. The Labute approximate surface area is 121 Å². The molecule has 2 nitrogen and oxygen atoms in total. The Bertz CT molecular complexity index is 705. The molecule has 0 aliphatic rings. The van der Waals surface area contributed by atoms with Gasteiger partial charge in [-0.1, -0.05) is 53.5 Å². The molecule has 3 aromatic rings. The van der Waals surface area contributed by atoms with Crippen LogP contribution in [0.25, 0.3) is 16.9 Å². The number of halogens is 2. The van der Waals surface area contributed by atoms with Crippen molar-refractivity contribution in [1.29, 1.82) is 0 Å². The summed E-state index contributed by atoms with van der Waals surface area (Å²) in [5.41, 5.74) is 2.85. The van der Waals surface area contributed by atoms with E-state index in [0.717, 1.165) is 16.9 Å². The molecule has 0 saturated heterocycles. The first-order chi connectivity index (χ1) is 9.24. The number of rotatable bonds is 2. The maximum absolute atomic E-state index is 6.19. The van der Waals surface area contributed by atoms with Crippen molar-refractivity contribution in [3.8, 4) is 16.9 Å². The smallest absolute Gasteiger partial charge is 0.1000 e. The highest BCUT2D eigenvalue weighted by molar-refractivity contribution is 6.35. The zero-order chi connectivity index (χ0) is 13.2. The second-order valence-corrected chi connectivity index (χ2v) is 4.97. The van der Waals surface area contributed by atoms with Gasteiger partial charge in [0.25, 0.3) is 0 Å². The Kier molecular flexibility index (Phi) is 3.28. The Morgan fingerprint density at radius 1 is 0.947 bits per heavy atom. The van der Waals surface area contributed by atoms with Crippen molar-refractivity contribution in [2.24, 2.45) is 0 Å². The van der Waals surface area contributed by atoms with Gasteiger partial charge < -0.3 is 4.57 Å². The third-order valence-electron chi connectivity index (χ3n) is 2.84. The molecule has 0 fully saturated rings. The summed E-state index contributed by atoms with van der Waals surface area (Å²) in [5, 5.41) is 1.22. The maximum atomic E-state index is 6.19. The molecule has 0 spiro atoms. The van der Waals surface area contributed by atoms with Crippen LogP contribution in [0.3, 0.4) is 0 Å². The highest BCUT2D eigenvalue weighted by atomic mass is 35.5. The number of benzene rings is 2. The van der Waals surface area contributed by atoms with E-state index in [-0.39, 0.29) is 0 Å². The molecule has 3 rings (SSSR count). The molecule has 0 unspecified atom stereocenters. The van der Waals surface area contributed by atoms with Crippen LogP contribution in [0.5, 0.6) is 0 Å². The lowest BCUT2D eigenvalue weighted by molar-refractivity contribution is 1.06. The summed E-state index contributed by atoms with van der Waals surface area (Å²) in [4.78, 5) is 4.40. The van der Waals surface area contributed by atoms with Crippen LogP contribution in [0.2, 0.25) is 10.0 Å². The van der Waals surface area contributed by atoms with Gasteiger partial charge in [-0.25, -0.2) is 4.98 Å². The van der Waals surface area contributed by atoms with E-state index in [1.807, 2.05) is 53.2 Å². The molecule has 1 heterocycles. The largest absolute Gasteiger partial charge is 0.304 e. The molecule has 19 heavy (non-hydrogen) atoms. The molecule has 0 saturated carbocycles. The van der Waals surface area contributed by atoms with E-state index in [1.54, 1.807) is 12.4 Å². The quantitative estimate of drug-likeness (QED) is 0.659. The van der Waals surface area contributed by atoms with E-state index >= 15 is 0 Å². The minimum atomic E-state index is 0.601. The fraction of sp³-hybridized carbons (Fsp3) is 0. The molecule has 0 amide bonds. The molecular formula is C15H10Cl2N2. The average Bonchev–Trinajstić information content (AvgIpc) is 2.89. The van der Waals surface area contributed by atoms with Crippen molar-refractivity contribution in [3.63, 3.8) is 0 Å². The SMILES string of the molecule is Clc1ccc(-n2cnc(-c3ccccc3)c2)c(Cl)c1. The van der Waals surface area contributed by atoms with Crippen LogP contribution < -0.4 is 0 Å². The summed E-state index contributed by atoms with van der Waals surface area (Å²) < 4.78 is 1.89. The standard InChI is InChI=1S/C15H10Cl2N2/c16-12-6-7-15(13(17)8-12)19-9-14(18-10-19)11-4-2-1-3-5-11/h1-10H. The van der Waals surface area contributed by atoms with Gasteiger partial charge in [0, 0.05) is 16.8 Å². The van der Waals surface area contributed by atoms with Crippen LogP contribution in [-0.2, 0) is 0 Å². The van der Waals surface area contributed by atoms with Crippen molar-refractivity contribution in [3.05, 3.63) is 71.1 Å². The van der Waals surface area contributed by atoms with Gasteiger partial charge in [-0.3, -0.25) is 0 Å². The molecule has 1 aromatic heterocycles. The zero-order valence-electron chi connectivity index (χ0n) is 9.92. The monoisotopic (exact) mass is 288 g/mol. The minimum Gasteiger partial charge on any atom is -0.304 e. The number of hydrogen-bond donors (Lipinski definition) is 0. The van der Waals surface area contributed by atoms with Gasteiger partial charge in [-0.15, -0.1) is 0 Å². The van der Waals surface area contributed by atoms with E-state index in [9.17, 15) is 0 Å². The van der Waals surface area contributed by atoms with E-state index < -0.39 is 0 Å². The Morgan fingerprint density at radius 2 is 1.74 bits per heavy atom. The summed E-state index contributed by atoms with van der Waals surface area (Å²) in [6.45, 7) is 0. The topological polar surface area (TPSA) is 17.8 Å². The van der Waals surface area contributed by atoms with Crippen LogP contribution in [-0.4, -0.2) is 9.55 Å². The highest BCUT2D eigenvalue weighted by Gasteiger charge is 2.06. The summed E-state index contributed by atoms with van der Waals surface area (Å²) in [6.07, 6.45) is 3.70. The molecule has 0 radical (unpaired) electrons. The van der Waals surface area contributed by atoms with Crippen molar-refractivity contribution >= 4 is 23.2 Å². The van der Waals surface area contributed by atoms with Gasteiger partial charge in [0.15, 0.2) is 0 Å². The van der Waals surface area contributed by atoms with E-state index in [0.29, 0.717) is 10.0 Å². The second-order valence-electron chi connectivity index (χ2n) is 4.13. The lowest BCUT2D eigenvalue weighted by Gasteiger charge is -2.04. The first kappa shape index (κ1) is 12.3. The summed E-state index contributed by atoms with van der Waals surface area (Å²) in [5.74, 6) is 0. The van der Waals surface area contributed by atoms with Gasteiger partial charge in [0.05, 0.1) is 22.7 Å². The van der Waals surface area contributed by atoms with Gasteiger partial charge >= 0.3 is 0 Å². The number of imidazole rings is 1. The van der Waals surface area contributed by atoms with Gasteiger partial charge in [0.1, 0.15) is 0 Å². The Balaban J connectivity index is 2.02. The lowest BCUT2D eigenvalue weighted by atomic mass is 10.2. The maximum Gasteiger partial charge on any atom is 0.1000 e. The van der Waals surface area contributed by atoms with Crippen molar-refractivity contribution in [1.82, 2.24) is 9.55 Å². The predicted molar refractivity (Wildman–Crippen MR) is 79.0 cm³/mol. The zero-order valence-corrected chi connectivity index (χ0v) is 11.4. The number of hydrogen-bond acceptors (Lipinski definition) is 1. The summed E-state index contributed by atoms with van der Waals surface area (Å²) >= 11 is 12.1. The molecular weight excluding hydrogens is 279 g/mol. The average molecular weight is 289 g/mol. The fourth-order valence-electron chi connectivity index (χ4n) is 1.90. The van der Waals surface area contributed by atoms with Crippen LogP contribution in [0.1, 0.15) is 0 Å². The van der Waals surface area contributed by atoms with Crippen LogP contribution in [0.4, 0.5) is 0 Å². The van der Waals surface area contributed by atoms with Gasteiger partial charge in [0.2, 0.25) is 0 Å². The van der Waals surface area contributed by atoms with Crippen LogP contribution >= 0.6 is 23.2 Å². The molecule has 0 aliphatic heterocycles. The molecule has 94 valence electrons. The Hall–Kier alpha value is -1.77. The number of nitrogens with zero attached hydrogens (tertiary/aromatic N) is 2. The predicted octanol–water partition coefficient (Wildman–Crippen LogP) is 4.85. The minimum absolute atomic E-state index is 0.601. The molecule has 0 atom stereocenters. The lowest BCUT2D eigenvalue weighted by Crippen LogP contribution is -1.90. The first-order valence-electron chi connectivity index (χ1n) is 5.79. The van der Waals surface area contributed by atoms with Crippen molar-refractivity contribution in [2.75, 3.05) is 0 Å². The van der Waals surface area contributed by atoms with Crippen LogP contribution in [0.15, 0.2) is 61.1 Å². The molecule has 0 bridgehead atoms. The molecule has 0 aliphatic carbocycles. The summed E-state index contributed by atoms with van der Waals surface area (Å²) in [6, 6.07) is 15.4. The molecule has 4 heteroatoms. The number of aromatic nitrogens is 2. The highest BCUT2D eigenvalue weighted by Crippen LogP contribution is 2.26.